The summed E-state index contributed by atoms with van der Waals surface area (Å²) in [6.07, 6.45) is 1.75. The normalized spacial score (nSPS) is 14.0. The van der Waals surface area contributed by atoms with Crippen LogP contribution in [0.2, 0.25) is 0 Å². The van der Waals surface area contributed by atoms with Gasteiger partial charge in [-0.2, -0.15) is 0 Å². The van der Waals surface area contributed by atoms with Crippen molar-refractivity contribution in [1.29, 1.82) is 0 Å². The second-order valence-electron chi connectivity index (χ2n) is 4.39. The fourth-order valence-corrected chi connectivity index (χ4v) is 9.73. The van der Waals surface area contributed by atoms with E-state index in [0.29, 0.717) is 11.7 Å². The van der Waals surface area contributed by atoms with Crippen LogP contribution in [0, 0.1) is 0 Å². The molecule has 0 amide bonds. The summed E-state index contributed by atoms with van der Waals surface area (Å²) in [4.78, 5) is 4.32. The van der Waals surface area contributed by atoms with E-state index >= 15 is 0 Å². The Labute approximate surface area is 132 Å². The van der Waals surface area contributed by atoms with Crippen LogP contribution in [0.5, 0.6) is 11.5 Å². The van der Waals surface area contributed by atoms with Crippen molar-refractivity contribution in [3.8, 4) is 11.5 Å². The molecule has 2 aromatic rings. The second-order valence-corrected chi connectivity index (χ2v) is 11.3. The molecule has 0 aliphatic carbocycles. The van der Waals surface area contributed by atoms with Crippen LogP contribution in [0.15, 0.2) is 66.2 Å². The molecule has 0 fully saturated rings. The summed E-state index contributed by atoms with van der Waals surface area (Å²) in [5.74, 6) is 1.89. The summed E-state index contributed by atoms with van der Waals surface area (Å²) in [5.41, 5.74) is 6.07. The van der Waals surface area contributed by atoms with Crippen LogP contribution in [0.1, 0.15) is 0 Å². The number of para-hydroxylation sites is 2. The average Bonchev–Trinajstić information content (AvgIpc) is 2.52. The number of fused-ring (bicyclic) bond motifs is 2. The van der Waals surface area contributed by atoms with E-state index in [0.717, 1.165) is 11.5 Å². The van der Waals surface area contributed by atoms with Gasteiger partial charge >= 0.3 is 132 Å². The average molecular weight is 358 g/mol. The molecule has 2 aromatic carbocycles. The Morgan fingerprint density at radius 2 is 1.71 bits per heavy atom. The van der Waals surface area contributed by atoms with Crippen LogP contribution in [0.25, 0.3) is 0 Å². The quantitative estimate of drug-likeness (QED) is 0.396. The Hall–Kier alpha value is -1.64. The van der Waals surface area contributed by atoms with Crippen molar-refractivity contribution in [3.05, 3.63) is 61.2 Å². The van der Waals surface area contributed by atoms with Crippen LogP contribution in [0.3, 0.4) is 0 Å². The first-order valence-electron chi connectivity index (χ1n) is 6.54. The van der Waals surface area contributed by atoms with Crippen LogP contribution < -0.4 is 19.2 Å². The Kier molecular flexibility index (Phi) is 4.37. The van der Waals surface area contributed by atoms with Crippen LogP contribution in [-0.4, -0.2) is 25.2 Å². The molecule has 0 bridgehead atoms. The van der Waals surface area contributed by atoms with Gasteiger partial charge in [0.05, 0.1) is 0 Å². The predicted octanol–water partition coefficient (Wildman–Crippen LogP) is 2.13. The molecular weight excluding hydrogens is 343 g/mol. The van der Waals surface area contributed by atoms with E-state index in [2.05, 4.69) is 35.8 Å². The van der Waals surface area contributed by atoms with Crippen molar-refractivity contribution in [2.24, 2.45) is 10.7 Å². The SMILES string of the molecule is C=CCN=C(N)S[As]1c2ccccc2Oc2ccccc21. The zero-order valence-corrected chi connectivity index (χ0v) is 14.1. The number of nitrogens with two attached hydrogens (primary N) is 1. The molecule has 5 heteroatoms. The summed E-state index contributed by atoms with van der Waals surface area (Å²) >= 11 is -1.60. The molecule has 0 atom stereocenters. The molecule has 0 saturated heterocycles. The number of aliphatic imine (C=N–C) groups is 1. The predicted molar refractivity (Wildman–Crippen MR) is 92.3 cm³/mol. The van der Waals surface area contributed by atoms with E-state index < -0.39 is 13.5 Å². The molecule has 0 radical (unpaired) electrons. The van der Waals surface area contributed by atoms with Crippen LogP contribution >= 0.6 is 10.0 Å². The summed E-state index contributed by atoms with van der Waals surface area (Å²) in [6, 6.07) is 16.4. The minimum absolute atomic E-state index is 0.556. The molecule has 2 N–H and O–H groups in total. The van der Waals surface area contributed by atoms with Crippen molar-refractivity contribution >= 4 is 37.4 Å². The Morgan fingerprint density at radius 1 is 1.14 bits per heavy atom. The molecule has 0 aromatic heterocycles. The van der Waals surface area contributed by atoms with E-state index in [-0.39, 0.29) is 0 Å². The molecule has 106 valence electrons. The van der Waals surface area contributed by atoms with Gasteiger partial charge < -0.3 is 0 Å². The number of benzene rings is 2. The molecule has 3 nitrogen and oxygen atoms in total. The third-order valence-corrected chi connectivity index (χ3v) is 11.2. The maximum absolute atomic E-state index is 6.07. The van der Waals surface area contributed by atoms with Gasteiger partial charge in [0.2, 0.25) is 0 Å². The molecule has 21 heavy (non-hydrogen) atoms. The summed E-state index contributed by atoms with van der Waals surface area (Å²) in [5, 5.41) is 0.626. The number of hydrogen-bond donors (Lipinski definition) is 1. The fourth-order valence-electron chi connectivity index (χ4n) is 2.05. The Balaban J connectivity index is 2.00. The van der Waals surface area contributed by atoms with E-state index in [1.807, 2.05) is 24.3 Å². The van der Waals surface area contributed by atoms with Crippen LogP contribution in [-0.2, 0) is 0 Å². The van der Waals surface area contributed by atoms with Gasteiger partial charge in [-0.1, -0.05) is 0 Å². The van der Waals surface area contributed by atoms with Crippen molar-refractivity contribution in [1.82, 2.24) is 0 Å². The fraction of sp³-hybridized carbons (Fsp3) is 0.0625. The van der Waals surface area contributed by atoms with Gasteiger partial charge in [-0.05, 0) is 0 Å². The Bertz CT molecular complexity index is 657. The first kappa shape index (κ1) is 14.3. The number of rotatable bonds is 3. The second kappa shape index (κ2) is 6.42. The van der Waals surface area contributed by atoms with Crippen molar-refractivity contribution in [3.63, 3.8) is 0 Å². The minimum atomic E-state index is -1.60. The van der Waals surface area contributed by atoms with E-state index in [4.69, 9.17) is 10.5 Å². The maximum atomic E-state index is 6.07. The van der Waals surface area contributed by atoms with Crippen molar-refractivity contribution in [2.45, 2.75) is 0 Å². The number of nitrogens with zero attached hydrogens (tertiary/aromatic N) is 1. The first-order chi connectivity index (χ1) is 10.3. The van der Waals surface area contributed by atoms with E-state index in [9.17, 15) is 0 Å². The topological polar surface area (TPSA) is 47.6 Å². The third-order valence-electron chi connectivity index (χ3n) is 2.95. The standard InChI is InChI=1S/C16H15AsN2OS/c1-2-11-19-16(18)21-17-12-7-3-5-9-14(12)20-15-10-6-4-8-13(15)17/h2-10H,1,11H2,(H2,18,19). The molecule has 0 spiro atoms. The summed E-state index contributed by atoms with van der Waals surface area (Å²) in [7, 11) is 1.69. The molecule has 1 heterocycles. The van der Waals surface area contributed by atoms with Crippen molar-refractivity contribution in [2.75, 3.05) is 6.54 Å². The van der Waals surface area contributed by atoms with Crippen molar-refractivity contribution < 1.29 is 4.74 Å². The van der Waals surface area contributed by atoms with Gasteiger partial charge in [-0.15, -0.1) is 0 Å². The van der Waals surface area contributed by atoms with Gasteiger partial charge in [-0.25, -0.2) is 0 Å². The van der Waals surface area contributed by atoms with Gasteiger partial charge in [-0.3, -0.25) is 0 Å². The molecule has 0 saturated carbocycles. The number of ether oxygens (including phenoxy) is 1. The summed E-state index contributed by atoms with van der Waals surface area (Å²) < 4.78 is 8.53. The first-order valence-corrected chi connectivity index (χ1v) is 11.5. The monoisotopic (exact) mass is 358 g/mol. The molecule has 1 aliphatic heterocycles. The zero-order chi connectivity index (χ0) is 14.7. The van der Waals surface area contributed by atoms with Gasteiger partial charge in [0, 0.05) is 0 Å². The molecule has 1 aliphatic rings. The van der Waals surface area contributed by atoms with Gasteiger partial charge in [0.1, 0.15) is 0 Å². The Morgan fingerprint density at radius 3 is 2.29 bits per heavy atom. The number of amidine groups is 1. The van der Waals surface area contributed by atoms with Gasteiger partial charge in [0.25, 0.3) is 0 Å². The molecule has 0 unspecified atom stereocenters. The zero-order valence-electron chi connectivity index (χ0n) is 11.4. The van der Waals surface area contributed by atoms with Gasteiger partial charge in [0.15, 0.2) is 0 Å². The molecule has 3 rings (SSSR count). The van der Waals surface area contributed by atoms with E-state index in [1.54, 1.807) is 16.1 Å². The third kappa shape index (κ3) is 3.02. The van der Waals surface area contributed by atoms with E-state index in [1.165, 1.54) is 8.70 Å². The summed E-state index contributed by atoms with van der Waals surface area (Å²) in [6.45, 7) is 4.23. The van der Waals surface area contributed by atoms with Crippen LogP contribution in [0.4, 0.5) is 0 Å². The molecular formula is C16H15AsN2OS. The number of hydrogen-bond acceptors (Lipinski definition) is 3.